The Morgan fingerprint density at radius 3 is 1.75 bits per heavy atom. The van der Waals surface area contributed by atoms with E-state index in [1.807, 2.05) is 76.2 Å². The van der Waals surface area contributed by atoms with Gasteiger partial charge >= 0.3 is 7.82 Å². The number of hydrogen-bond donors (Lipinski definition) is 6. The van der Waals surface area contributed by atoms with E-state index in [-0.39, 0.29) is 43.5 Å². The Bertz CT molecular complexity index is 1530. The lowest BCUT2D eigenvalue weighted by Gasteiger charge is -2.28. The van der Waals surface area contributed by atoms with Crippen molar-refractivity contribution in [3.8, 4) is 0 Å². The number of epoxide rings is 1. The molecular weight excluding hydrogens is 679 g/mol. The fourth-order valence-corrected chi connectivity index (χ4v) is 5.79. The van der Waals surface area contributed by atoms with Gasteiger partial charge in [-0.2, -0.15) is 0 Å². The Morgan fingerprint density at radius 1 is 0.745 bits per heavy atom. The van der Waals surface area contributed by atoms with Crippen LogP contribution >= 0.6 is 7.82 Å². The SMILES string of the molecule is CC(C)C[C@H](NC(=O)[C@H](CCc1ccccc1)NC(=O)COP(=O)(O)O)C(=O)N[C@@H](Cc1ccccc1)C(=O)N[C@@H](CC(C)C)C(=O)[C@@]1(C)CO1. The zero-order chi connectivity index (χ0) is 37.8. The Morgan fingerprint density at radius 2 is 1.22 bits per heavy atom. The van der Waals surface area contributed by atoms with Crippen LogP contribution in [0.1, 0.15) is 65.0 Å². The molecule has 3 rings (SSSR count). The van der Waals surface area contributed by atoms with Gasteiger partial charge in [-0.05, 0) is 55.6 Å². The average Bonchev–Trinajstić information content (AvgIpc) is 3.82. The molecule has 0 saturated carbocycles. The third-order valence-electron chi connectivity index (χ3n) is 8.27. The molecule has 1 heterocycles. The molecule has 0 radical (unpaired) electrons. The van der Waals surface area contributed by atoms with Gasteiger partial charge in [-0.3, -0.25) is 28.5 Å². The molecule has 0 bridgehead atoms. The number of amides is 4. The molecule has 15 heteroatoms. The van der Waals surface area contributed by atoms with Crippen LogP contribution in [0.4, 0.5) is 0 Å². The van der Waals surface area contributed by atoms with Gasteiger partial charge in [0.1, 0.15) is 30.3 Å². The fourth-order valence-electron chi connectivity index (χ4n) is 5.50. The largest absolute Gasteiger partial charge is 0.470 e. The van der Waals surface area contributed by atoms with Crippen LogP contribution < -0.4 is 21.3 Å². The highest BCUT2D eigenvalue weighted by Gasteiger charge is 2.50. The molecule has 0 aromatic heterocycles. The first-order valence-corrected chi connectivity index (χ1v) is 18.7. The molecule has 0 aliphatic carbocycles. The van der Waals surface area contributed by atoms with Crippen molar-refractivity contribution < 1.29 is 47.6 Å². The van der Waals surface area contributed by atoms with Crippen molar-refractivity contribution in [2.45, 2.75) is 96.5 Å². The summed E-state index contributed by atoms with van der Waals surface area (Å²) in [5.41, 5.74) is 0.665. The van der Waals surface area contributed by atoms with Gasteiger partial charge in [-0.15, -0.1) is 0 Å². The Balaban J connectivity index is 1.82. The summed E-state index contributed by atoms with van der Waals surface area (Å²) in [7, 11) is -4.95. The lowest BCUT2D eigenvalue weighted by atomic mass is 9.93. The summed E-state index contributed by atoms with van der Waals surface area (Å²) in [5.74, 6) is -3.10. The molecule has 0 spiro atoms. The molecule has 1 aliphatic heterocycles. The number of carbonyl (C=O) groups is 5. The summed E-state index contributed by atoms with van der Waals surface area (Å²) in [6.07, 6.45) is 1.12. The minimum absolute atomic E-state index is 0.0769. The number of hydrogen-bond acceptors (Lipinski definition) is 8. The standard InChI is InChI=1S/C36H51N4O10P/c1-23(2)18-28(32(42)36(5)22-49-36)38-35(45)30(20-26-14-10-7-11-15-26)40-34(44)29(19-24(3)4)39-33(43)27(17-16-25-12-8-6-9-13-25)37-31(41)21-50-51(46,47)48/h6-15,23-24,27-30H,16-22H2,1-5H3,(H,37,41)(H,38,45)(H,39,43)(H,40,44)(H2,46,47,48)/t27-,28-,29-,30-,36+/m0/s1. The number of Topliss-reactive ketones (excluding diaryl/α,β-unsaturated/α-hetero) is 1. The van der Waals surface area contributed by atoms with Crippen LogP contribution in [0.25, 0.3) is 0 Å². The summed E-state index contributed by atoms with van der Waals surface area (Å²) in [4.78, 5) is 85.4. The van der Waals surface area contributed by atoms with E-state index >= 15 is 0 Å². The predicted molar refractivity (Wildman–Crippen MR) is 189 cm³/mol. The van der Waals surface area contributed by atoms with Gasteiger partial charge in [0.05, 0.1) is 12.6 Å². The van der Waals surface area contributed by atoms with Crippen molar-refractivity contribution in [2.24, 2.45) is 11.8 Å². The molecule has 2 aromatic carbocycles. The molecule has 1 fully saturated rings. The van der Waals surface area contributed by atoms with Crippen LogP contribution in [-0.2, 0) is 50.6 Å². The minimum atomic E-state index is -4.95. The van der Waals surface area contributed by atoms with E-state index in [2.05, 4.69) is 25.8 Å². The first kappa shape index (κ1) is 41.5. The van der Waals surface area contributed by atoms with E-state index in [4.69, 9.17) is 14.5 Å². The molecule has 1 aliphatic rings. The molecule has 6 N–H and O–H groups in total. The number of ketones is 1. The lowest BCUT2D eigenvalue weighted by Crippen LogP contribution is -2.59. The second-order valence-electron chi connectivity index (χ2n) is 13.9. The van der Waals surface area contributed by atoms with Crippen LogP contribution in [0.15, 0.2) is 60.7 Å². The van der Waals surface area contributed by atoms with E-state index in [9.17, 15) is 28.5 Å². The Kier molecular flexibility index (Phi) is 15.5. The van der Waals surface area contributed by atoms with Crippen molar-refractivity contribution in [1.82, 2.24) is 21.3 Å². The smallest absolute Gasteiger partial charge is 0.361 e. The van der Waals surface area contributed by atoms with Crippen LogP contribution in [0.2, 0.25) is 0 Å². The third kappa shape index (κ3) is 14.7. The lowest BCUT2D eigenvalue weighted by molar-refractivity contribution is -0.135. The molecule has 14 nitrogen and oxygen atoms in total. The predicted octanol–water partition coefficient (Wildman–Crippen LogP) is 2.36. The number of rotatable bonds is 21. The second kappa shape index (κ2) is 19.1. The Labute approximate surface area is 299 Å². The summed E-state index contributed by atoms with van der Waals surface area (Å²) < 4.78 is 20.8. The Hall–Kier alpha value is -3.94. The van der Waals surface area contributed by atoms with Crippen molar-refractivity contribution in [2.75, 3.05) is 13.2 Å². The van der Waals surface area contributed by atoms with E-state index in [1.54, 1.807) is 19.1 Å². The van der Waals surface area contributed by atoms with E-state index in [1.165, 1.54) is 0 Å². The molecule has 51 heavy (non-hydrogen) atoms. The van der Waals surface area contributed by atoms with Gasteiger partial charge < -0.3 is 35.8 Å². The zero-order valence-electron chi connectivity index (χ0n) is 29.8. The van der Waals surface area contributed by atoms with Gasteiger partial charge in [0, 0.05) is 6.42 Å². The number of aryl methyl sites for hydroxylation is 1. The zero-order valence-corrected chi connectivity index (χ0v) is 30.7. The summed E-state index contributed by atoms with van der Waals surface area (Å²) in [6, 6.07) is 14.0. The van der Waals surface area contributed by atoms with Gasteiger partial charge in [0.25, 0.3) is 0 Å². The van der Waals surface area contributed by atoms with Crippen LogP contribution in [0.3, 0.4) is 0 Å². The maximum Gasteiger partial charge on any atom is 0.470 e. The first-order chi connectivity index (χ1) is 24.0. The molecule has 1 saturated heterocycles. The normalized spacial score (nSPS) is 17.9. The number of phosphoric ester groups is 1. The quantitative estimate of drug-likeness (QED) is 0.0815. The summed E-state index contributed by atoms with van der Waals surface area (Å²) in [6.45, 7) is 8.54. The summed E-state index contributed by atoms with van der Waals surface area (Å²) in [5, 5.41) is 10.8. The molecule has 280 valence electrons. The average molecular weight is 731 g/mol. The highest BCUT2D eigenvalue weighted by Crippen LogP contribution is 2.35. The third-order valence-corrected chi connectivity index (χ3v) is 8.74. The van der Waals surface area contributed by atoms with Crippen LogP contribution in [-0.4, -0.2) is 82.2 Å². The van der Waals surface area contributed by atoms with Crippen molar-refractivity contribution in [3.05, 3.63) is 71.8 Å². The highest BCUT2D eigenvalue weighted by molar-refractivity contribution is 7.46. The van der Waals surface area contributed by atoms with Gasteiger partial charge in [-0.1, -0.05) is 88.4 Å². The second-order valence-corrected chi connectivity index (χ2v) is 15.2. The number of nitrogens with one attached hydrogen (secondary N) is 4. The number of carbonyl (C=O) groups excluding carboxylic acids is 5. The molecular formula is C36H51N4O10P. The van der Waals surface area contributed by atoms with Crippen LogP contribution in [0, 0.1) is 11.8 Å². The first-order valence-electron chi connectivity index (χ1n) is 17.1. The van der Waals surface area contributed by atoms with Crippen LogP contribution in [0.5, 0.6) is 0 Å². The van der Waals surface area contributed by atoms with Crippen molar-refractivity contribution >= 4 is 37.2 Å². The number of ether oxygens (including phenoxy) is 1. The molecule has 2 aromatic rings. The topological polar surface area (TPSA) is 213 Å². The fraction of sp³-hybridized carbons (Fsp3) is 0.528. The number of phosphoric acid groups is 1. The monoisotopic (exact) mass is 730 g/mol. The van der Waals surface area contributed by atoms with Gasteiger partial charge in [0.15, 0.2) is 5.78 Å². The summed E-state index contributed by atoms with van der Waals surface area (Å²) >= 11 is 0. The number of benzene rings is 2. The van der Waals surface area contributed by atoms with E-state index < -0.39 is 67.8 Å². The maximum atomic E-state index is 13.9. The van der Waals surface area contributed by atoms with Gasteiger partial charge in [-0.25, -0.2) is 4.57 Å². The molecule has 0 unspecified atom stereocenters. The maximum absolute atomic E-state index is 13.9. The van der Waals surface area contributed by atoms with E-state index in [0.29, 0.717) is 12.8 Å². The molecule has 5 atom stereocenters. The van der Waals surface area contributed by atoms with Crippen molar-refractivity contribution in [3.63, 3.8) is 0 Å². The van der Waals surface area contributed by atoms with Gasteiger partial charge in [0.2, 0.25) is 23.6 Å². The highest BCUT2D eigenvalue weighted by atomic mass is 31.2. The van der Waals surface area contributed by atoms with Crippen molar-refractivity contribution in [1.29, 1.82) is 0 Å². The minimum Gasteiger partial charge on any atom is -0.361 e. The molecule has 4 amide bonds. The van der Waals surface area contributed by atoms with E-state index in [0.717, 1.165) is 11.1 Å².